The standard InChI is InChI=1S/C23H30N4O2S/c1-3-18-7-4-5-10-21(18)25-23(29)17-27-13-11-26(12-14-27)16-22(28)24-19-8-6-9-20(15-19)30-2/h4-10,15H,3,11-14,16-17H2,1-2H3,(H,24,28)(H,25,29)/p+2. The van der Waals surface area contributed by atoms with Gasteiger partial charge in [-0.3, -0.25) is 9.59 Å². The van der Waals surface area contributed by atoms with E-state index >= 15 is 0 Å². The summed E-state index contributed by atoms with van der Waals surface area (Å²) in [5, 5.41) is 6.06. The van der Waals surface area contributed by atoms with Gasteiger partial charge in [-0.25, -0.2) is 0 Å². The van der Waals surface area contributed by atoms with Crippen LogP contribution in [0, 0.1) is 0 Å². The van der Waals surface area contributed by atoms with Gasteiger partial charge in [0.1, 0.15) is 26.2 Å². The van der Waals surface area contributed by atoms with E-state index in [-0.39, 0.29) is 11.8 Å². The maximum Gasteiger partial charge on any atom is 0.279 e. The second-order valence-corrected chi connectivity index (χ2v) is 8.57. The summed E-state index contributed by atoms with van der Waals surface area (Å²) in [6, 6.07) is 15.9. The van der Waals surface area contributed by atoms with E-state index in [1.54, 1.807) is 11.8 Å². The Kier molecular flexibility index (Phi) is 8.30. The zero-order valence-corrected chi connectivity index (χ0v) is 18.6. The second kappa shape index (κ2) is 11.2. The highest BCUT2D eigenvalue weighted by Gasteiger charge is 2.26. The maximum atomic E-state index is 12.5. The van der Waals surface area contributed by atoms with Crippen LogP contribution in [-0.4, -0.2) is 57.3 Å². The van der Waals surface area contributed by atoms with Crippen LogP contribution in [0.15, 0.2) is 53.4 Å². The highest BCUT2D eigenvalue weighted by atomic mass is 32.2. The average molecular weight is 429 g/mol. The largest absolute Gasteiger partial charge is 0.321 e. The van der Waals surface area contributed by atoms with E-state index in [9.17, 15) is 9.59 Å². The fourth-order valence-corrected chi connectivity index (χ4v) is 4.28. The molecular formula is C23H32N4O2S+2. The van der Waals surface area contributed by atoms with Gasteiger partial charge in [0.25, 0.3) is 11.8 Å². The Morgan fingerprint density at radius 1 is 0.900 bits per heavy atom. The molecule has 0 aliphatic carbocycles. The minimum Gasteiger partial charge on any atom is -0.321 e. The molecule has 4 N–H and O–H groups in total. The van der Waals surface area contributed by atoms with Crippen LogP contribution >= 0.6 is 11.8 Å². The fourth-order valence-electron chi connectivity index (χ4n) is 3.82. The van der Waals surface area contributed by atoms with Crippen molar-refractivity contribution in [2.45, 2.75) is 18.2 Å². The number of rotatable bonds is 8. The molecule has 160 valence electrons. The Bertz CT molecular complexity index is 866. The Hall–Kier alpha value is -2.35. The molecule has 0 saturated carbocycles. The first-order chi connectivity index (χ1) is 14.6. The van der Waals surface area contributed by atoms with Gasteiger partial charge in [-0.05, 0) is 42.5 Å². The lowest BCUT2D eigenvalue weighted by atomic mass is 10.1. The summed E-state index contributed by atoms with van der Waals surface area (Å²) in [7, 11) is 0. The zero-order chi connectivity index (χ0) is 21.3. The minimum absolute atomic E-state index is 0.0422. The summed E-state index contributed by atoms with van der Waals surface area (Å²) in [5.74, 6) is 0.0985. The minimum atomic E-state index is 0.0422. The third-order valence-electron chi connectivity index (χ3n) is 5.51. The summed E-state index contributed by atoms with van der Waals surface area (Å²) in [6.07, 6.45) is 2.92. The third-order valence-corrected chi connectivity index (χ3v) is 6.24. The predicted octanol–water partition coefficient (Wildman–Crippen LogP) is 0.332. The normalized spacial score (nSPS) is 18.6. The molecule has 0 spiro atoms. The van der Waals surface area contributed by atoms with E-state index in [1.807, 2.05) is 54.8 Å². The lowest BCUT2D eigenvalue weighted by Gasteiger charge is -2.29. The highest BCUT2D eigenvalue weighted by Crippen LogP contribution is 2.18. The van der Waals surface area contributed by atoms with Crippen molar-refractivity contribution < 1.29 is 19.4 Å². The number of hydrogen-bond acceptors (Lipinski definition) is 3. The van der Waals surface area contributed by atoms with Crippen molar-refractivity contribution in [3.63, 3.8) is 0 Å². The first kappa shape index (κ1) is 22.3. The van der Waals surface area contributed by atoms with Gasteiger partial charge in [0.15, 0.2) is 13.1 Å². The molecule has 2 aromatic rings. The number of carbonyl (C=O) groups excluding carboxylic acids is 2. The van der Waals surface area contributed by atoms with Gasteiger partial charge in [-0.2, -0.15) is 0 Å². The van der Waals surface area contributed by atoms with E-state index in [1.165, 1.54) is 9.80 Å². The molecule has 1 aliphatic rings. The van der Waals surface area contributed by atoms with Crippen LogP contribution in [0.2, 0.25) is 0 Å². The van der Waals surface area contributed by atoms with Crippen molar-refractivity contribution in [2.75, 3.05) is 56.2 Å². The quantitative estimate of drug-likeness (QED) is 0.458. The Morgan fingerprint density at radius 3 is 2.17 bits per heavy atom. The molecule has 3 rings (SSSR count). The van der Waals surface area contributed by atoms with Crippen molar-refractivity contribution in [1.82, 2.24) is 0 Å². The number of benzene rings is 2. The van der Waals surface area contributed by atoms with E-state index in [0.717, 1.165) is 54.4 Å². The average Bonchev–Trinajstić information content (AvgIpc) is 2.75. The Labute approximate surface area is 183 Å². The van der Waals surface area contributed by atoms with Crippen LogP contribution in [0.1, 0.15) is 12.5 Å². The number of aryl methyl sites for hydroxylation is 1. The van der Waals surface area contributed by atoms with Crippen molar-refractivity contribution in [3.8, 4) is 0 Å². The van der Waals surface area contributed by atoms with E-state index in [0.29, 0.717) is 13.1 Å². The molecule has 0 radical (unpaired) electrons. The first-order valence-corrected chi connectivity index (χ1v) is 11.8. The molecule has 1 aliphatic heterocycles. The molecule has 0 unspecified atom stereocenters. The topological polar surface area (TPSA) is 67.1 Å². The molecule has 0 bridgehead atoms. The second-order valence-electron chi connectivity index (χ2n) is 7.69. The maximum absolute atomic E-state index is 12.5. The highest BCUT2D eigenvalue weighted by molar-refractivity contribution is 7.98. The Morgan fingerprint density at radius 2 is 1.53 bits per heavy atom. The summed E-state index contributed by atoms with van der Waals surface area (Å²) < 4.78 is 0. The number of thioether (sulfide) groups is 1. The molecule has 0 atom stereocenters. The van der Waals surface area contributed by atoms with Crippen LogP contribution in [0.4, 0.5) is 11.4 Å². The third kappa shape index (κ3) is 6.58. The predicted molar refractivity (Wildman–Crippen MR) is 122 cm³/mol. The molecule has 1 heterocycles. The summed E-state index contributed by atoms with van der Waals surface area (Å²) >= 11 is 1.66. The number of anilines is 2. The number of para-hydroxylation sites is 1. The molecule has 30 heavy (non-hydrogen) atoms. The summed E-state index contributed by atoms with van der Waals surface area (Å²) in [4.78, 5) is 28.5. The van der Waals surface area contributed by atoms with Gasteiger partial charge >= 0.3 is 0 Å². The first-order valence-electron chi connectivity index (χ1n) is 10.6. The number of piperazine rings is 1. The van der Waals surface area contributed by atoms with Gasteiger partial charge in [-0.15, -0.1) is 11.8 Å². The van der Waals surface area contributed by atoms with Crippen molar-refractivity contribution >= 4 is 35.0 Å². The van der Waals surface area contributed by atoms with Crippen LogP contribution < -0.4 is 20.4 Å². The van der Waals surface area contributed by atoms with Gasteiger partial charge in [0.05, 0.1) is 0 Å². The van der Waals surface area contributed by atoms with Crippen LogP contribution in [0.25, 0.3) is 0 Å². The molecule has 1 fully saturated rings. The number of nitrogens with one attached hydrogen (secondary N) is 4. The number of carbonyl (C=O) groups is 2. The van der Waals surface area contributed by atoms with Gasteiger partial charge in [-0.1, -0.05) is 31.2 Å². The monoisotopic (exact) mass is 428 g/mol. The van der Waals surface area contributed by atoms with Crippen molar-refractivity contribution in [3.05, 3.63) is 54.1 Å². The number of quaternary nitrogens is 2. The van der Waals surface area contributed by atoms with Gasteiger partial charge in [0.2, 0.25) is 0 Å². The SMILES string of the molecule is CCc1ccccc1NC(=O)C[NH+]1CC[NH+](CC(=O)Nc2cccc(SC)c2)CC1. The molecule has 2 aromatic carbocycles. The van der Waals surface area contributed by atoms with Crippen LogP contribution in [0.3, 0.4) is 0 Å². The van der Waals surface area contributed by atoms with Crippen molar-refractivity contribution in [2.24, 2.45) is 0 Å². The van der Waals surface area contributed by atoms with Gasteiger partial charge in [0, 0.05) is 16.3 Å². The zero-order valence-electron chi connectivity index (χ0n) is 17.8. The Balaban J connectivity index is 1.41. The molecule has 1 saturated heterocycles. The molecule has 6 nitrogen and oxygen atoms in total. The van der Waals surface area contributed by atoms with Crippen LogP contribution in [-0.2, 0) is 16.0 Å². The molecule has 0 aromatic heterocycles. The van der Waals surface area contributed by atoms with Crippen molar-refractivity contribution in [1.29, 1.82) is 0 Å². The smallest absolute Gasteiger partial charge is 0.279 e. The summed E-state index contributed by atoms with van der Waals surface area (Å²) in [5.41, 5.74) is 2.92. The number of hydrogen-bond donors (Lipinski definition) is 4. The van der Waals surface area contributed by atoms with E-state index in [2.05, 4.69) is 17.6 Å². The van der Waals surface area contributed by atoms with E-state index < -0.39 is 0 Å². The molecule has 7 heteroatoms. The molecular weight excluding hydrogens is 396 g/mol. The van der Waals surface area contributed by atoms with E-state index in [4.69, 9.17) is 0 Å². The lowest BCUT2D eigenvalue weighted by Crippen LogP contribution is -3.28. The van der Waals surface area contributed by atoms with Gasteiger partial charge < -0.3 is 20.4 Å². The van der Waals surface area contributed by atoms with Crippen LogP contribution in [0.5, 0.6) is 0 Å². The molecule has 2 amide bonds. The summed E-state index contributed by atoms with van der Waals surface area (Å²) in [6.45, 7) is 6.61. The lowest BCUT2D eigenvalue weighted by molar-refractivity contribution is -1.00. The fraction of sp³-hybridized carbons (Fsp3) is 0.391. The number of amides is 2.